The minimum atomic E-state index is -1.51. The van der Waals surface area contributed by atoms with Crippen molar-refractivity contribution in [2.75, 3.05) is 6.61 Å². The molecule has 3 rings (SSSR count). The van der Waals surface area contributed by atoms with E-state index in [1.165, 1.54) is 0 Å². The van der Waals surface area contributed by atoms with Gasteiger partial charge in [0, 0.05) is 6.20 Å². The van der Waals surface area contributed by atoms with Crippen LogP contribution in [0, 0.1) is 0 Å². The maximum Gasteiger partial charge on any atom is 0.229 e. The number of aromatic nitrogens is 1. The largest absolute Gasteiger partial charge is 0.460 e. The molecule has 1 aromatic heterocycles. The molecule has 1 aromatic carbocycles. The third-order valence-electron chi connectivity index (χ3n) is 3.79. The number of hydrogen-bond acceptors (Lipinski definition) is 6. The molecule has 126 valence electrons. The topological polar surface area (TPSA) is 115 Å². The zero-order valence-electron chi connectivity index (χ0n) is 11.7. The van der Waals surface area contributed by atoms with E-state index in [2.05, 4.69) is 20.9 Å². The van der Waals surface area contributed by atoms with Crippen LogP contribution >= 0.6 is 27.5 Å². The number of aromatic amines is 1. The summed E-state index contributed by atoms with van der Waals surface area (Å²) in [6.45, 7) is -0.527. The SMILES string of the molecule is OC[C@H]1O[C@@H](Oc2c(Br)ccc3[nH]cc(Cl)c23)[C@H](O)[C@@H](O)[C@@H]1O. The molecule has 1 saturated heterocycles. The van der Waals surface area contributed by atoms with Crippen molar-refractivity contribution in [2.24, 2.45) is 0 Å². The average Bonchev–Trinajstić information content (AvgIpc) is 2.91. The van der Waals surface area contributed by atoms with E-state index in [-0.39, 0.29) is 0 Å². The molecule has 1 aliphatic rings. The van der Waals surface area contributed by atoms with Crippen LogP contribution in [0.4, 0.5) is 0 Å². The van der Waals surface area contributed by atoms with Gasteiger partial charge in [-0.2, -0.15) is 0 Å². The van der Waals surface area contributed by atoms with Gasteiger partial charge < -0.3 is 34.9 Å². The second-order valence-corrected chi connectivity index (χ2v) is 6.51. The average molecular weight is 409 g/mol. The Kier molecular flexibility index (Phi) is 4.84. The van der Waals surface area contributed by atoms with Crippen LogP contribution in [0.1, 0.15) is 0 Å². The van der Waals surface area contributed by atoms with E-state index in [1.54, 1.807) is 18.3 Å². The van der Waals surface area contributed by atoms with Gasteiger partial charge in [0.2, 0.25) is 6.29 Å². The number of nitrogens with one attached hydrogen (secondary N) is 1. The van der Waals surface area contributed by atoms with Crippen molar-refractivity contribution in [3.8, 4) is 5.75 Å². The molecule has 7 nitrogen and oxygen atoms in total. The van der Waals surface area contributed by atoms with Crippen LogP contribution in [0.15, 0.2) is 22.8 Å². The number of aliphatic hydroxyl groups is 4. The third kappa shape index (κ3) is 2.96. The molecule has 2 heterocycles. The van der Waals surface area contributed by atoms with Gasteiger partial charge in [0.05, 0.1) is 27.0 Å². The van der Waals surface area contributed by atoms with Crippen LogP contribution in [0.5, 0.6) is 5.75 Å². The Bertz CT molecular complexity index is 708. The third-order valence-corrected chi connectivity index (χ3v) is 4.71. The zero-order chi connectivity index (χ0) is 16.7. The Morgan fingerprint density at radius 3 is 2.65 bits per heavy atom. The lowest BCUT2D eigenvalue weighted by molar-refractivity contribution is -0.277. The summed E-state index contributed by atoms with van der Waals surface area (Å²) in [7, 11) is 0. The van der Waals surface area contributed by atoms with Crippen molar-refractivity contribution >= 4 is 38.4 Å². The number of aliphatic hydroxyl groups excluding tert-OH is 4. The summed E-state index contributed by atoms with van der Waals surface area (Å²) in [4.78, 5) is 2.97. The fourth-order valence-corrected chi connectivity index (χ4v) is 3.19. The molecule has 0 unspecified atom stereocenters. The molecule has 1 aliphatic heterocycles. The second-order valence-electron chi connectivity index (χ2n) is 5.25. The quantitative estimate of drug-likeness (QED) is 0.512. The number of benzene rings is 1. The molecule has 2 aromatic rings. The summed E-state index contributed by atoms with van der Waals surface area (Å²) >= 11 is 9.49. The number of fused-ring (bicyclic) bond motifs is 1. The predicted octanol–water partition coefficient (Wildman–Crippen LogP) is 0.762. The van der Waals surface area contributed by atoms with Crippen LogP contribution in [-0.4, -0.2) is 62.7 Å². The Morgan fingerprint density at radius 1 is 1.22 bits per heavy atom. The molecular weight excluding hydrogens is 394 g/mol. The first-order valence-electron chi connectivity index (χ1n) is 6.86. The molecule has 5 atom stereocenters. The van der Waals surface area contributed by atoms with Crippen LogP contribution < -0.4 is 4.74 Å². The van der Waals surface area contributed by atoms with Crippen molar-refractivity contribution in [1.82, 2.24) is 4.98 Å². The summed E-state index contributed by atoms with van der Waals surface area (Å²) in [5, 5.41) is 39.9. The monoisotopic (exact) mass is 407 g/mol. The highest BCUT2D eigenvalue weighted by atomic mass is 79.9. The first kappa shape index (κ1) is 17.0. The van der Waals surface area contributed by atoms with E-state index in [0.717, 1.165) is 5.52 Å². The molecule has 0 spiro atoms. The van der Waals surface area contributed by atoms with E-state index in [1.807, 2.05) is 0 Å². The van der Waals surface area contributed by atoms with Crippen LogP contribution in [-0.2, 0) is 4.74 Å². The lowest BCUT2D eigenvalue weighted by atomic mass is 9.99. The fourth-order valence-electron chi connectivity index (χ4n) is 2.52. The predicted molar refractivity (Wildman–Crippen MR) is 85.4 cm³/mol. The summed E-state index contributed by atoms with van der Waals surface area (Å²) in [5.74, 6) is 0.318. The molecule has 0 radical (unpaired) electrons. The van der Waals surface area contributed by atoms with Crippen LogP contribution in [0.2, 0.25) is 5.02 Å². The van der Waals surface area contributed by atoms with Gasteiger partial charge in [0.25, 0.3) is 0 Å². The van der Waals surface area contributed by atoms with Gasteiger partial charge in [-0.3, -0.25) is 0 Å². The smallest absolute Gasteiger partial charge is 0.229 e. The molecule has 9 heteroatoms. The molecule has 0 bridgehead atoms. The maximum atomic E-state index is 10.1. The summed E-state index contributed by atoms with van der Waals surface area (Å²) in [6.07, 6.45) is -5.17. The Labute approximate surface area is 144 Å². The molecule has 1 fully saturated rings. The van der Waals surface area contributed by atoms with Crippen molar-refractivity contribution in [2.45, 2.75) is 30.7 Å². The van der Waals surface area contributed by atoms with E-state index in [9.17, 15) is 20.4 Å². The minimum absolute atomic E-state index is 0.318. The van der Waals surface area contributed by atoms with E-state index in [0.29, 0.717) is 20.6 Å². The first-order chi connectivity index (χ1) is 10.9. The summed E-state index contributed by atoms with van der Waals surface area (Å²) in [5.41, 5.74) is 0.720. The lowest BCUT2D eigenvalue weighted by Gasteiger charge is -2.39. The van der Waals surface area contributed by atoms with Crippen molar-refractivity contribution < 1.29 is 29.9 Å². The van der Waals surface area contributed by atoms with E-state index < -0.39 is 37.3 Å². The Morgan fingerprint density at radius 2 is 1.96 bits per heavy atom. The maximum absolute atomic E-state index is 10.1. The van der Waals surface area contributed by atoms with Crippen molar-refractivity contribution in [3.05, 3.63) is 27.8 Å². The van der Waals surface area contributed by atoms with Gasteiger partial charge in [0.1, 0.15) is 30.2 Å². The van der Waals surface area contributed by atoms with Gasteiger partial charge in [-0.1, -0.05) is 11.6 Å². The highest BCUT2D eigenvalue weighted by Crippen LogP contribution is 2.39. The first-order valence-corrected chi connectivity index (χ1v) is 8.03. The van der Waals surface area contributed by atoms with E-state index >= 15 is 0 Å². The molecule has 0 aliphatic carbocycles. The summed E-state index contributed by atoms with van der Waals surface area (Å²) < 4.78 is 11.6. The molecule has 23 heavy (non-hydrogen) atoms. The van der Waals surface area contributed by atoms with Gasteiger partial charge in [-0.25, -0.2) is 0 Å². The van der Waals surface area contributed by atoms with Gasteiger partial charge in [0.15, 0.2) is 0 Å². The van der Waals surface area contributed by atoms with Gasteiger partial charge >= 0.3 is 0 Å². The second kappa shape index (κ2) is 6.56. The molecule has 5 N–H and O–H groups in total. The number of rotatable bonds is 3. The number of H-pyrrole nitrogens is 1. The van der Waals surface area contributed by atoms with E-state index in [4.69, 9.17) is 21.1 Å². The lowest BCUT2D eigenvalue weighted by Crippen LogP contribution is -2.60. The molecular formula is C14H15BrClNO6. The highest BCUT2D eigenvalue weighted by Gasteiger charge is 2.45. The normalized spacial score (nSPS) is 31.5. The standard InChI is InChI=1S/C14H15BrClNO6/c15-5-1-2-7-9(6(16)3-17-7)13(5)23-14-12(21)11(20)10(19)8(4-18)22-14/h1-3,8,10-12,14,17-21H,4H2/t8-,10-,11+,12-,14+/m1/s1. The van der Waals surface area contributed by atoms with Crippen LogP contribution in [0.25, 0.3) is 10.9 Å². The van der Waals surface area contributed by atoms with Gasteiger partial charge in [-0.05, 0) is 28.1 Å². The Hall–Kier alpha value is -0.870. The fraction of sp³-hybridized carbons (Fsp3) is 0.429. The number of halogens is 2. The summed E-state index contributed by atoms with van der Waals surface area (Å²) in [6, 6.07) is 3.53. The molecule has 0 saturated carbocycles. The number of hydrogen-bond donors (Lipinski definition) is 5. The van der Waals surface area contributed by atoms with Gasteiger partial charge in [-0.15, -0.1) is 0 Å². The molecule has 0 amide bonds. The Balaban J connectivity index is 1.95. The number of ether oxygens (including phenoxy) is 2. The zero-order valence-corrected chi connectivity index (χ0v) is 14.0. The van der Waals surface area contributed by atoms with Crippen molar-refractivity contribution in [3.63, 3.8) is 0 Å². The minimum Gasteiger partial charge on any atom is -0.460 e. The van der Waals surface area contributed by atoms with Crippen LogP contribution in [0.3, 0.4) is 0 Å². The van der Waals surface area contributed by atoms with Crippen molar-refractivity contribution in [1.29, 1.82) is 0 Å². The highest BCUT2D eigenvalue weighted by molar-refractivity contribution is 9.10.